The fraction of sp³-hybridized carbons (Fsp3) is 0.783. The number of carbonyl (C=O) groups is 2. The van der Waals surface area contributed by atoms with Crippen molar-refractivity contribution in [1.82, 2.24) is 5.43 Å². The van der Waals surface area contributed by atoms with Gasteiger partial charge in [-0.15, -0.1) is 0 Å². The number of hydrogen-bond acceptors (Lipinski definition) is 4. The number of rotatable bonds is 4. The Hall–Kier alpha value is -1.69. The normalized spacial score (nSPS) is 42.4. The highest BCUT2D eigenvalue weighted by Crippen LogP contribution is 2.64. The van der Waals surface area contributed by atoms with Crippen LogP contribution in [0.1, 0.15) is 78.1 Å². The minimum Gasteiger partial charge on any atom is -0.481 e. The second-order valence-electron chi connectivity index (χ2n) is 10.1. The van der Waals surface area contributed by atoms with Crippen molar-refractivity contribution >= 4 is 17.6 Å². The van der Waals surface area contributed by atoms with Crippen LogP contribution in [0.2, 0.25) is 0 Å². The van der Waals surface area contributed by atoms with Gasteiger partial charge in [-0.2, -0.15) is 5.10 Å². The number of aliphatic carboxylic acids is 1. The second kappa shape index (κ2) is 7.53. The lowest BCUT2D eigenvalue weighted by atomic mass is 9.48. The molecule has 0 aromatic rings. The van der Waals surface area contributed by atoms with Gasteiger partial charge in [0.2, 0.25) is 5.91 Å². The molecule has 0 spiro atoms. The largest absolute Gasteiger partial charge is 0.481 e. The zero-order chi connectivity index (χ0) is 20.8. The van der Waals surface area contributed by atoms with Crippen molar-refractivity contribution in [3.8, 4) is 0 Å². The molecule has 6 unspecified atom stereocenters. The van der Waals surface area contributed by atoms with E-state index in [-0.39, 0.29) is 35.7 Å². The van der Waals surface area contributed by atoms with Crippen LogP contribution in [0.5, 0.6) is 0 Å². The van der Waals surface area contributed by atoms with E-state index in [1.165, 1.54) is 12.0 Å². The predicted molar refractivity (Wildman–Crippen MR) is 110 cm³/mol. The summed E-state index contributed by atoms with van der Waals surface area (Å²) in [5.74, 6) is 0.620. The molecule has 4 rings (SSSR count). The van der Waals surface area contributed by atoms with E-state index >= 15 is 0 Å². The van der Waals surface area contributed by atoms with Crippen LogP contribution >= 0.6 is 0 Å². The highest BCUT2D eigenvalue weighted by atomic mass is 16.4. The minimum atomic E-state index is -0.965. The Morgan fingerprint density at radius 3 is 2.62 bits per heavy atom. The molecule has 0 bridgehead atoms. The number of amides is 1. The quantitative estimate of drug-likeness (QED) is 0.494. The zero-order valence-corrected chi connectivity index (χ0v) is 17.6. The summed E-state index contributed by atoms with van der Waals surface area (Å²) in [5, 5.41) is 23.3. The van der Waals surface area contributed by atoms with Gasteiger partial charge in [-0.05, 0) is 74.5 Å². The molecule has 6 nitrogen and oxygen atoms in total. The highest BCUT2D eigenvalue weighted by molar-refractivity contribution is 5.93. The highest BCUT2D eigenvalue weighted by Gasteiger charge is 2.57. The van der Waals surface area contributed by atoms with E-state index in [0.29, 0.717) is 17.8 Å². The number of hydrogen-bond donors (Lipinski definition) is 3. The molecule has 6 heteroatoms. The van der Waals surface area contributed by atoms with E-state index in [1.54, 1.807) is 0 Å². The molecule has 29 heavy (non-hydrogen) atoms. The molecule has 6 atom stereocenters. The monoisotopic (exact) mass is 402 g/mol. The molecule has 0 aromatic carbocycles. The van der Waals surface area contributed by atoms with Crippen LogP contribution in [-0.2, 0) is 9.59 Å². The first kappa shape index (κ1) is 20.6. The molecule has 0 aliphatic heterocycles. The third-order valence-electron chi connectivity index (χ3n) is 8.70. The summed E-state index contributed by atoms with van der Waals surface area (Å²) in [6, 6.07) is 0. The number of carboxylic acids is 1. The van der Waals surface area contributed by atoms with Gasteiger partial charge in [-0.25, -0.2) is 5.43 Å². The molecular formula is C23H34N2O4. The molecule has 0 aromatic heterocycles. The van der Waals surface area contributed by atoms with Gasteiger partial charge >= 0.3 is 5.97 Å². The summed E-state index contributed by atoms with van der Waals surface area (Å²) in [5.41, 5.74) is 5.44. The number of nitrogens with zero attached hydrogens (tertiary/aromatic N) is 1. The smallest absolute Gasteiger partial charge is 0.303 e. The SMILES string of the molecule is CC12CCC(O)CC1=CCC1C2CCC2(C)/C(=N\NC(=O)CCC(=O)O)CCC12. The average Bonchev–Trinajstić information content (AvgIpc) is 3.01. The lowest BCUT2D eigenvalue weighted by molar-refractivity contribution is -0.138. The van der Waals surface area contributed by atoms with Gasteiger partial charge in [0.15, 0.2) is 0 Å². The molecule has 3 fully saturated rings. The third kappa shape index (κ3) is 3.54. The number of carboxylic acid groups (broad SMARTS) is 1. The van der Waals surface area contributed by atoms with Crippen molar-refractivity contribution in [2.75, 3.05) is 0 Å². The van der Waals surface area contributed by atoms with E-state index in [9.17, 15) is 14.7 Å². The Morgan fingerprint density at radius 2 is 1.86 bits per heavy atom. The van der Waals surface area contributed by atoms with Crippen LogP contribution in [0.25, 0.3) is 0 Å². The van der Waals surface area contributed by atoms with Crippen molar-refractivity contribution < 1.29 is 19.8 Å². The number of aliphatic hydroxyl groups is 1. The van der Waals surface area contributed by atoms with Gasteiger partial charge < -0.3 is 10.2 Å². The van der Waals surface area contributed by atoms with Gasteiger partial charge in [-0.3, -0.25) is 9.59 Å². The summed E-state index contributed by atoms with van der Waals surface area (Å²) >= 11 is 0. The van der Waals surface area contributed by atoms with Crippen molar-refractivity contribution in [2.24, 2.45) is 33.7 Å². The van der Waals surface area contributed by atoms with Crippen LogP contribution in [-0.4, -0.2) is 33.9 Å². The van der Waals surface area contributed by atoms with E-state index in [2.05, 4.69) is 30.5 Å². The number of aliphatic hydroxyl groups excluding tert-OH is 1. The van der Waals surface area contributed by atoms with Gasteiger partial charge in [0, 0.05) is 17.5 Å². The maximum Gasteiger partial charge on any atom is 0.303 e. The van der Waals surface area contributed by atoms with E-state index in [0.717, 1.165) is 50.7 Å². The molecule has 0 heterocycles. The van der Waals surface area contributed by atoms with E-state index in [1.807, 2.05) is 0 Å². The molecular weight excluding hydrogens is 368 g/mol. The first-order chi connectivity index (χ1) is 13.7. The van der Waals surface area contributed by atoms with Gasteiger partial charge in [0.1, 0.15) is 0 Å². The van der Waals surface area contributed by atoms with E-state index in [4.69, 9.17) is 5.11 Å². The van der Waals surface area contributed by atoms with Crippen LogP contribution < -0.4 is 5.43 Å². The topological polar surface area (TPSA) is 99.0 Å². The first-order valence-corrected chi connectivity index (χ1v) is 11.2. The van der Waals surface area contributed by atoms with Crippen molar-refractivity contribution in [2.45, 2.75) is 84.2 Å². The molecule has 3 N–H and O–H groups in total. The number of hydrazone groups is 1. The maximum absolute atomic E-state index is 11.9. The van der Waals surface area contributed by atoms with Gasteiger partial charge in [-0.1, -0.05) is 25.5 Å². The molecule has 0 radical (unpaired) electrons. The second-order valence-corrected chi connectivity index (χ2v) is 10.1. The van der Waals surface area contributed by atoms with Crippen LogP contribution in [0.3, 0.4) is 0 Å². The molecule has 1 amide bonds. The van der Waals surface area contributed by atoms with Crippen molar-refractivity contribution in [1.29, 1.82) is 0 Å². The van der Waals surface area contributed by atoms with Crippen LogP contribution in [0.15, 0.2) is 16.8 Å². The summed E-state index contributed by atoms with van der Waals surface area (Å²) in [6.45, 7) is 4.74. The number of carbonyl (C=O) groups excluding carboxylic acids is 1. The number of fused-ring (bicyclic) bond motifs is 5. The maximum atomic E-state index is 11.9. The number of nitrogens with one attached hydrogen (secondary N) is 1. The Balaban J connectivity index is 1.49. The molecule has 4 aliphatic rings. The van der Waals surface area contributed by atoms with Gasteiger partial charge in [0.05, 0.1) is 12.5 Å². The Morgan fingerprint density at radius 1 is 1.14 bits per heavy atom. The molecule has 4 aliphatic carbocycles. The standard InChI is InChI=1S/C23H34N2O4/c1-22-11-9-15(26)13-14(22)3-4-16-17-5-6-19(23(17,2)12-10-18(16)22)24-25-20(27)7-8-21(28)29/h3,15-18,26H,4-13H2,1-2H3,(H,25,27)(H,28,29)/b24-19-. The average molecular weight is 403 g/mol. The zero-order valence-electron chi connectivity index (χ0n) is 17.6. The lowest BCUT2D eigenvalue weighted by Gasteiger charge is -2.57. The molecule has 160 valence electrons. The fourth-order valence-electron chi connectivity index (χ4n) is 7.02. The summed E-state index contributed by atoms with van der Waals surface area (Å²) in [4.78, 5) is 22.6. The van der Waals surface area contributed by atoms with Crippen LogP contribution in [0, 0.1) is 28.6 Å². The Labute approximate surface area is 172 Å². The lowest BCUT2D eigenvalue weighted by Crippen LogP contribution is -2.50. The predicted octanol–water partition coefficient (Wildman–Crippen LogP) is 3.65. The first-order valence-electron chi connectivity index (χ1n) is 11.2. The fourth-order valence-corrected chi connectivity index (χ4v) is 7.02. The molecule has 0 saturated heterocycles. The van der Waals surface area contributed by atoms with Crippen molar-refractivity contribution in [3.63, 3.8) is 0 Å². The summed E-state index contributed by atoms with van der Waals surface area (Å²) in [6.07, 6.45) is 10.3. The van der Waals surface area contributed by atoms with Crippen molar-refractivity contribution in [3.05, 3.63) is 11.6 Å². The number of allylic oxidation sites excluding steroid dienone is 1. The summed E-state index contributed by atoms with van der Waals surface area (Å²) < 4.78 is 0. The van der Waals surface area contributed by atoms with E-state index < -0.39 is 5.97 Å². The summed E-state index contributed by atoms with van der Waals surface area (Å²) in [7, 11) is 0. The van der Waals surface area contributed by atoms with Gasteiger partial charge in [0.25, 0.3) is 0 Å². The Bertz CT molecular complexity index is 760. The third-order valence-corrected chi connectivity index (χ3v) is 8.70. The Kier molecular flexibility index (Phi) is 5.34. The minimum absolute atomic E-state index is 0.0249. The van der Waals surface area contributed by atoms with Crippen LogP contribution in [0.4, 0.5) is 0 Å². The molecule has 3 saturated carbocycles.